The molecule has 4 bridgehead atoms. The van der Waals surface area contributed by atoms with Crippen molar-refractivity contribution in [1.82, 2.24) is 4.90 Å². The van der Waals surface area contributed by atoms with Crippen molar-refractivity contribution in [3.05, 3.63) is 29.3 Å². The maximum absolute atomic E-state index is 12.9. The van der Waals surface area contributed by atoms with E-state index in [0.29, 0.717) is 12.1 Å². The van der Waals surface area contributed by atoms with Crippen molar-refractivity contribution < 1.29 is 4.79 Å². The van der Waals surface area contributed by atoms with Crippen LogP contribution in [0.3, 0.4) is 0 Å². The van der Waals surface area contributed by atoms with Crippen LogP contribution >= 0.6 is 0 Å². The predicted octanol–water partition coefficient (Wildman–Crippen LogP) is 4.65. The lowest BCUT2D eigenvalue weighted by molar-refractivity contribution is -0.123. The van der Waals surface area contributed by atoms with Crippen molar-refractivity contribution in [2.45, 2.75) is 70.8 Å². The van der Waals surface area contributed by atoms with Crippen LogP contribution in [0.2, 0.25) is 0 Å². The van der Waals surface area contributed by atoms with Gasteiger partial charge in [0.25, 0.3) is 0 Å². The van der Waals surface area contributed by atoms with Crippen LogP contribution in [0.25, 0.3) is 0 Å². The highest BCUT2D eigenvalue weighted by atomic mass is 16.2. The number of rotatable bonds is 6. The third kappa shape index (κ3) is 3.19. The third-order valence-electron chi connectivity index (χ3n) is 7.46. The minimum atomic E-state index is 0.152. The van der Waals surface area contributed by atoms with Crippen LogP contribution in [0.5, 0.6) is 0 Å². The Morgan fingerprint density at radius 3 is 2.00 bits per heavy atom. The number of hydrogen-bond donors (Lipinski definition) is 1. The minimum absolute atomic E-state index is 0.152. The Morgan fingerprint density at radius 2 is 1.54 bits per heavy atom. The molecule has 4 fully saturated rings. The van der Waals surface area contributed by atoms with Crippen molar-refractivity contribution in [2.24, 2.45) is 17.8 Å². The lowest BCUT2D eigenvalue weighted by atomic mass is 9.52. The van der Waals surface area contributed by atoms with E-state index in [0.717, 1.165) is 36.3 Å². The molecule has 26 heavy (non-hydrogen) atoms. The number of amides is 1. The topological polar surface area (TPSA) is 32.3 Å². The van der Waals surface area contributed by atoms with Crippen LogP contribution in [0.15, 0.2) is 18.2 Å². The van der Waals surface area contributed by atoms with Crippen LogP contribution in [-0.4, -0.2) is 29.9 Å². The monoisotopic (exact) mass is 354 g/mol. The first-order valence-corrected chi connectivity index (χ1v) is 10.6. The van der Waals surface area contributed by atoms with E-state index < -0.39 is 0 Å². The van der Waals surface area contributed by atoms with Gasteiger partial charge in [-0.3, -0.25) is 9.69 Å². The van der Waals surface area contributed by atoms with Crippen LogP contribution in [0, 0.1) is 17.8 Å². The lowest BCUT2D eigenvalue weighted by Crippen LogP contribution is -2.60. The number of hydrogen-bond acceptors (Lipinski definition) is 2. The van der Waals surface area contributed by atoms with E-state index >= 15 is 0 Å². The van der Waals surface area contributed by atoms with Gasteiger partial charge in [0, 0.05) is 11.2 Å². The van der Waals surface area contributed by atoms with E-state index in [9.17, 15) is 4.79 Å². The molecule has 4 aliphatic rings. The first kappa shape index (κ1) is 18.0. The van der Waals surface area contributed by atoms with Crippen molar-refractivity contribution in [2.75, 3.05) is 18.9 Å². The van der Waals surface area contributed by atoms with Gasteiger partial charge in [-0.1, -0.05) is 32.0 Å². The zero-order valence-electron chi connectivity index (χ0n) is 16.7. The molecule has 1 aromatic rings. The number of carbonyl (C=O) groups excluding carboxylic acids is 1. The number of para-hydroxylation sites is 1. The van der Waals surface area contributed by atoms with Gasteiger partial charge in [-0.2, -0.15) is 0 Å². The molecule has 142 valence electrons. The predicted molar refractivity (Wildman–Crippen MR) is 107 cm³/mol. The van der Waals surface area contributed by atoms with E-state index in [2.05, 4.69) is 49.3 Å². The standard InChI is InChI=1S/C23H34N2O/c1-4-19-7-6-8-20(5-2)22(19)24-21(26)15-25(3)23-12-16-9-17(13-23)11-18(10-16)14-23/h6-8,16-18H,4-5,9-15H2,1-3H3,(H,24,26). The number of likely N-dealkylation sites (N-methyl/N-ethyl adjacent to an activating group) is 1. The largest absolute Gasteiger partial charge is 0.324 e. The molecule has 5 rings (SSSR count). The highest BCUT2D eigenvalue weighted by Gasteiger charge is 2.52. The molecule has 4 aliphatic carbocycles. The van der Waals surface area contributed by atoms with Crippen LogP contribution in [0.1, 0.15) is 63.5 Å². The summed E-state index contributed by atoms with van der Waals surface area (Å²) in [5.41, 5.74) is 3.84. The SMILES string of the molecule is CCc1cccc(CC)c1NC(=O)CN(C)C12CC3CC(CC(C3)C1)C2. The summed E-state index contributed by atoms with van der Waals surface area (Å²) in [6, 6.07) is 6.38. The van der Waals surface area contributed by atoms with Crippen molar-refractivity contribution in [3.63, 3.8) is 0 Å². The zero-order valence-corrected chi connectivity index (χ0v) is 16.7. The van der Waals surface area contributed by atoms with Crippen LogP contribution in [0.4, 0.5) is 5.69 Å². The molecule has 1 amide bonds. The molecule has 3 heteroatoms. The van der Waals surface area contributed by atoms with Gasteiger partial charge in [-0.05, 0) is 87.3 Å². The molecule has 0 unspecified atom stereocenters. The molecule has 1 N–H and O–H groups in total. The van der Waals surface area contributed by atoms with Gasteiger partial charge in [0.15, 0.2) is 0 Å². The Morgan fingerprint density at radius 1 is 1.04 bits per heavy atom. The number of nitrogens with one attached hydrogen (secondary N) is 1. The van der Waals surface area contributed by atoms with Gasteiger partial charge < -0.3 is 5.32 Å². The van der Waals surface area contributed by atoms with Crippen molar-refractivity contribution >= 4 is 11.6 Å². The summed E-state index contributed by atoms with van der Waals surface area (Å²) in [6.45, 7) is 4.84. The number of benzene rings is 1. The van der Waals surface area contributed by atoms with Gasteiger partial charge in [0.05, 0.1) is 6.54 Å². The van der Waals surface area contributed by atoms with Gasteiger partial charge in [0.1, 0.15) is 0 Å². The average Bonchev–Trinajstić information content (AvgIpc) is 2.60. The average molecular weight is 355 g/mol. The molecular formula is C23H34N2O. The van der Waals surface area contributed by atoms with Crippen molar-refractivity contribution in [3.8, 4) is 0 Å². The summed E-state index contributed by atoms with van der Waals surface area (Å²) >= 11 is 0. The van der Waals surface area contributed by atoms with E-state index in [-0.39, 0.29) is 5.91 Å². The van der Waals surface area contributed by atoms with E-state index in [4.69, 9.17) is 0 Å². The molecule has 0 aliphatic heterocycles. The van der Waals surface area contributed by atoms with Gasteiger partial charge in [-0.15, -0.1) is 0 Å². The Bertz CT molecular complexity index is 623. The lowest BCUT2D eigenvalue weighted by Gasteiger charge is -2.59. The number of aryl methyl sites for hydroxylation is 2. The fourth-order valence-corrected chi connectivity index (χ4v) is 6.50. The van der Waals surface area contributed by atoms with Crippen LogP contribution < -0.4 is 5.32 Å². The minimum Gasteiger partial charge on any atom is -0.324 e. The second kappa shape index (κ2) is 6.99. The Labute approximate surface area is 158 Å². The van der Waals surface area contributed by atoms with E-state index in [1.165, 1.54) is 49.7 Å². The Balaban J connectivity index is 1.46. The molecule has 0 spiro atoms. The highest BCUT2D eigenvalue weighted by molar-refractivity contribution is 5.94. The van der Waals surface area contributed by atoms with Gasteiger partial charge in [-0.25, -0.2) is 0 Å². The molecule has 0 radical (unpaired) electrons. The van der Waals surface area contributed by atoms with E-state index in [1.807, 2.05) is 0 Å². The quantitative estimate of drug-likeness (QED) is 0.806. The summed E-state index contributed by atoms with van der Waals surface area (Å²) < 4.78 is 0. The number of carbonyl (C=O) groups is 1. The molecule has 3 nitrogen and oxygen atoms in total. The molecule has 1 aromatic carbocycles. The third-order valence-corrected chi connectivity index (χ3v) is 7.46. The first-order chi connectivity index (χ1) is 12.5. The van der Waals surface area contributed by atoms with Crippen molar-refractivity contribution in [1.29, 1.82) is 0 Å². The summed E-state index contributed by atoms with van der Waals surface area (Å²) in [6.07, 6.45) is 10.2. The zero-order chi connectivity index (χ0) is 18.3. The number of anilines is 1. The maximum atomic E-state index is 12.9. The normalized spacial score (nSPS) is 32.2. The van der Waals surface area contributed by atoms with Gasteiger partial charge in [0.2, 0.25) is 5.91 Å². The summed E-state index contributed by atoms with van der Waals surface area (Å²) in [5, 5.41) is 3.26. The molecule has 0 saturated heterocycles. The number of nitrogens with zero attached hydrogens (tertiary/aromatic N) is 1. The summed E-state index contributed by atoms with van der Waals surface area (Å²) in [7, 11) is 2.19. The second-order valence-electron chi connectivity index (χ2n) is 9.20. The smallest absolute Gasteiger partial charge is 0.238 e. The van der Waals surface area contributed by atoms with E-state index in [1.54, 1.807) is 0 Å². The Hall–Kier alpha value is -1.35. The molecule has 0 aromatic heterocycles. The molecule has 0 atom stereocenters. The second-order valence-corrected chi connectivity index (χ2v) is 9.20. The highest BCUT2D eigenvalue weighted by Crippen LogP contribution is 2.57. The fourth-order valence-electron chi connectivity index (χ4n) is 6.50. The summed E-state index contributed by atoms with van der Waals surface area (Å²) in [5.74, 6) is 2.90. The molecule has 0 heterocycles. The Kier molecular flexibility index (Phi) is 4.85. The fraction of sp³-hybridized carbons (Fsp3) is 0.696. The first-order valence-electron chi connectivity index (χ1n) is 10.6. The van der Waals surface area contributed by atoms with Gasteiger partial charge >= 0.3 is 0 Å². The summed E-state index contributed by atoms with van der Waals surface area (Å²) in [4.78, 5) is 15.3. The molecular weight excluding hydrogens is 320 g/mol. The van der Waals surface area contributed by atoms with Crippen LogP contribution in [-0.2, 0) is 17.6 Å². The maximum Gasteiger partial charge on any atom is 0.238 e. The molecule has 4 saturated carbocycles.